The Labute approximate surface area is 522 Å². The van der Waals surface area contributed by atoms with Crippen molar-refractivity contribution in [1.82, 2.24) is 8.80 Å². The van der Waals surface area contributed by atoms with Gasteiger partial charge in [-0.05, 0) is 249 Å². The van der Waals surface area contributed by atoms with Crippen LogP contribution in [0.5, 0.6) is 0 Å². The Hall–Kier alpha value is -10.0. The first-order valence-corrected chi connectivity index (χ1v) is 33.3. The maximum Gasteiger partial charge on any atom is 0.193 e. The van der Waals surface area contributed by atoms with Crippen molar-refractivity contribution in [1.29, 1.82) is 5.26 Å². The molecular weight excluding hydrogens is 1090 g/mol. The molecule has 4 saturated carbocycles. The number of nitriles is 1. The maximum absolute atomic E-state index is 11.6. The second kappa shape index (κ2) is 18.3. The van der Waals surface area contributed by atoms with Gasteiger partial charge in [-0.1, -0.05) is 158 Å². The topological polar surface area (TPSA) is 37.0 Å². The molecule has 8 bridgehead atoms. The zero-order chi connectivity index (χ0) is 58.8. The highest BCUT2D eigenvalue weighted by molar-refractivity contribution is 6.31. The third kappa shape index (κ3) is 6.74. The van der Waals surface area contributed by atoms with E-state index in [1.807, 2.05) is 0 Å². The Morgan fingerprint density at radius 3 is 1.08 bits per heavy atom. The first-order chi connectivity index (χ1) is 44.5. The monoisotopic (exact) mass is 1150 g/mol. The Bertz CT molecular complexity index is 5180. The summed E-state index contributed by atoms with van der Waals surface area (Å²) in [6, 6.07) is 80.8. The van der Waals surface area contributed by atoms with Gasteiger partial charge in [0.25, 0.3) is 0 Å². The van der Waals surface area contributed by atoms with Crippen LogP contribution >= 0.6 is 0 Å². The number of hydrogen-bond donors (Lipinski definition) is 0. The maximum atomic E-state index is 11.6. The van der Waals surface area contributed by atoms with E-state index >= 15 is 0 Å². The van der Waals surface area contributed by atoms with E-state index in [0.29, 0.717) is 47.3 Å². The quantitative estimate of drug-likeness (QED) is 0.153. The zero-order valence-corrected chi connectivity index (χ0v) is 50.1. The van der Waals surface area contributed by atoms with Crippen LogP contribution in [0.2, 0.25) is 0 Å². The third-order valence-electron chi connectivity index (χ3n) is 23.8. The van der Waals surface area contributed by atoms with Crippen molar-refractivity contribution < 1.29 is 0 Å². The summed E-state index contributed by atoms with van der Waals surface area (Å²) in [4.78, 5) is 4.57. The molecule has 4 heterocycles. The van der Waals surface area contributed by atoms with Crippen molar-refractivity contribution >= 4 is 81.9 Å². The second-order valence-corrected chi connectivity index (χ2v) is 28.4. The fraction of sp³-hybridized carbons (Fsp3) is 0.209. The third-order valence-corrected chi connectivity index (χ3v) is 23.8. The highest BCUT2D eigenvalue weighted by Gasteiger charge is 2.47. The molecule has 4 unspecified atom stereocenters. The average molecular weight is 1150 g/mol. The molecule has 4 nitrogen and oxygen atoms in total. The predicted molar refractivity (Wildman–Crippen MR) is 370 cm³/mol. The molecule has 0 spiro atoms. The molecule has 4 fully saturated rings. The van der Waals surface area contributed by atoms with Crippen LogP contribution in [0.4, 0.5) is 5.69 Å². The summed E-state index contributed by atoms with van der Waals surface area (Å²) in [5, 5.41) is 21.8. The molecule has 11 aromatic carbocycles. The van der Waals surface area contributed by atoms with Crippen molar-refractivity contribution in [3.8, 4) is 72.8 Å². The molecule has 15 aromatic rings. The molecule has 4 aromatic heterocycles. The molecule has 0 N–H and O–H groups in total. The number of benzene rings is 11. The first kappa shape index (κ1) is 49.9. The van der Waals surface area contributed by atoms with Gasteiger partial charge in [0.15, 0.2) is 5.69 Å². The van der Waals surface area contributed by atoms with Crippen LogP contribution in [0.25, 0.3) is 148 Å². The lowest BCUT2D eigenvalue weighted by Crippen LogP contribution is -2.25. The standard InChI is InChI=1S/C86H62N4/c1-88-72-45-76-84(82-58-36-49-29-50(37-58)33-56(32-49)80(72)82)71-41-60(79-64(53-20-10-4-11-21-53)26-15-27-65(79)54-22-12-5-13-23-54)39-69-67-43-73-66(44-74(67)90(76)86(69)71)68-38-59(78-62(51-16-6-2-7-17-51)24-14-25-63(78)52-18-8-3-9-19-52)40-70-83-75(89(73)85(68)70)42-61(46-87)77-55-30-47-28-48(31-55)35-57(34-47)81(77)83/h2-27,38-45,47-50,55-58H,28-37H2. The van der Waals surface area contributed by atoms with Crippen molar-refractivity contribution in [2.24, 2.45) is 23.7 Å². The number of aromatic nitrogens is 2. The fourth-order valence-electron chi connectivity index (χ4n) is 21.0. The zero-order valence-electron chi connectivity index (χ0n) is 50.1. The first-order valence-electron chi connectivity index (χ1n) is 33.3. The average Bonchev–Trinajstić information content (AvgIpc) is 1.54. The van der Waals surface area contributed by atoms with E-state index in [1.165, 1.54) is 224 Å². The molecule has 8 aliphatic rings. The van der Waals surface area contributed by atoms with E-state index in [9.17, 15) is 5.26 Å². The van der Waals surface area contributed by atoms with Gasteiger partial charge in [0.1, 0.15) is 0 Å². The van der Waals surface area contributed by atoms with E-state index in [2.05, 4.69) is 226 Å². The normalized spacial score (nSPS) is 22.2. The van der Waals surface area contributed by atoms with E-state index in [4.69, 9.17) is 6.57 Å². The predicted octanol–water partition coefficient (Wildman–Crippen LogP) is 23.2. The molecule has 23 rings (SSSR count). The lowest BCUT2D eigenvalue weighted by atomic mass is 9.67. The summed E-state index contributed by atoms with van der Waals surface area (Å²) >= 11 is 0. The van der Waals surface area contributed by atoms with Gasteiger partial charge in [0.2, 0.25) is 0 Å². The van der Waals surface area contributed by atoms with Crippen LogP contribution in [0.3, 0.4) is 0 Å². The van der Waals surface area contributed by atoms with Crippen LogP contribution in [0.15, 0.2) is 206 Å². The van der Waals surface area contributed by atoms with Crippen LogP contribution in [0.1, 0.15) is 116 Å². The molecule has 8 aliphatic carbocycles. The summed E-state index contributed by atoms with van der Waals surface area (Å²) in [5.74, 6) is 4.52. The molecule has 0 amide bonds. The molecule has 4 heteroatoms. The largest absolute Gasteiger partial charge is 0.309 e. The van der Waals surface area contributed by atoms with Gasteiger partial charge in [-0.3, -0.25) is 0 Å². The minimum Gasteiger partial charge on any atom is -0.309 e. The highest BCUT2D eigenvalue weighted by atomic mass is 14.9. The van der Waals surface area contributed by atoms with E-state index < -0.39 is 0 Å². The van der Waals surface area contributed by atoms with E-state index in [1.54, 1.807) is 0 Å². The van der Waals surface area contributed by atoms with Gasteiger partial charge < -0.3 is 8.80 Å². The van der Waals surface area contributed by atoms with Crippen molar-refractivity contribution in [3.05, 3.63) is 245 Å². The van der Waals surface area contributed by atoms with E-state index in [0.717, 1.165) is 16.8 Å². The number of rotatable bonds is 6. The van der Waals surface area contributed by atoms with Crippen LogP contribution < -0.4 is 0 Å². The highest BCUT2D eigenvalue weighted by Crippen LogP contribution is 2.63. The number of hydrogen-bond acceptors (Lipinski definition) is 1. The smallest absolute Gasteiger partial charge is 0.193 e. The minimum absolute atomic E-state index is 0.413. The summed E-state index contributed by atoms with van der Waals surface area (Å²) in [7, 11) is 0. The van der Waals surface area contributed by atoms with Gasteiger partial charge in [-0.15, -0.1) is 0 Å². The Balaban J connectivity index is 0.944. The lowest BCUT2D eigenvalue weighted by molar-refractivity contribution is 0.166. The van der Waals surface area contributed by atoms with Crippen LogP contribution in [-0.2, 0) is 0 Å². The van der Waals surface area contributed by atoms with Gasteiger partial charge in [0, 0.05) is 48.6 Å². The van der Waals surface area contributed by atoms with Crippen molar-refractivity contribution in [2.45, 2.75) is 87.9 Å². The van der Waals surface area contributed by atoms with Gasteiger partial charge in [0.05, 0.1) is 45.8 Å². The molecular formula is C86H62N4. The van der Waals surface area contributed by atoms with Crippen molar-refractivity contribution in [3.63, 3.8) is 0 Å². The van der Waals surface area contributed by atoms with E-state index in [-0.39, 0.29) is 0 Å². The van der Waals surface area contributed by atoms with Gasteiger partial charge in [-0.25, -0.2) is 4.85 Å². The Kier molecular flexibility index (Phi) is 10.2. The van der Waals surface area contributed by atoms with Crippen LogP contribution in [-0.4, -0.2) is 8.80 Å². The summed E-state index contributed by atoms with van der Waals surface area (Å²) in [6.07, 6.45) is 12.3. The summed E-state index contributed by atoms with van der Waals surface area (Å²) in [6.45, 7) is 9.08. The molecule has 0 radical (unpaired) electrons. The second-order valence-electron chi connectivity index (χ2n) is 28.4. The van der Waals surface area contributed by atoms with Crippen LogP contribution in [0, 0.1) is 41.6 Å². The number of fused-ring (bicyclic) bond motifs is 12. The molecule has 4 atom stereocenters. The van der Waals surface area contributed by atoms with Gasteiger partial charge in [-0.2, -0.15) is 5.26 Å². The number of nitrogens with zero attached hydrogens (tertiary/aromatic N) is 4. The summed E-state index contributed by atoms with van der Waals surface area (Å²) < 4.78 is 5.24. The lowest BCUT2D eigenvalue weighted by Gasteiger charge is -2.38. The van der Waals surface area contributed by atoms with Crippen molar-refractivity contribution in [2.75, 3.05) is 0 Å². The molecule has 426 valence electrons. The molecule has 0 aliphatic heterocycles. The minimum atomic E-state index is 0.413. The van der Waals surface area contributed by atoms with Gasteiger partial charge >= 0.3 is 0 Å². The molecule has 0 saturated heterocycles. The molecule has 90 heavy (non-hydrogen) atoms. The SMILES string of the molecule is [C-]#[N+]c1cc2c(c3c1C1CC4CC(C1)CC3C4)c1cc(-c3c(-c4ccccc4)cccc3-c3ccccc3)cc3c4cc5c(cc4n2c31)c1cc(-c2c(-c3ccccc3)cccc2-c2ccccc2)cc2c3c4c(c(C#N)cc3n5c12)C1CC2CC(C1)CC4C2. The fourth-order valence-corrected chi connectivity index (χ4v) is 21.0. The summed E-state index contributed by atoms with van der Waals surface area (Å²) in [5.41, 5.74) is 29.2. The Morgan fingerprint density at radius 2 is 0.689 bits per heavy atom. The Morgan fingerprint density at radius 1 is 0.333 bits per heavy atom.